The van der Waals surface area contributed by atoms with E-state index in [1.165, 1.54) is 11.1 Å². The molecule has 0 amide bonds. The van der Waals surface area contributed by atoms with Gasteiger partial charge in [0, 0.05) is 36.5 Å². The Morgan fingerprint density at radius 3 is 2.63 bits per heavy atom. The fourth-order valence-corrected chi connectivity index (χ4v) is 3.68. The number of hydrogen-bond donors (Lipinski definition) is 2. The summed E-state index contributed by atoms with van der Waals surface area (Å²) in [6.07, 6.45) is 5.60. The summed E-state index contributed by atoms with van der Waals surface area (Å²) in [5.74, 6) is 1.83. The Balaban J connectivity index is 1.60. The van der Waals surface area contributed by atoms with Crippen LogP contribution in [0.5, 0.6) is 0 Å². The molecule has 0 bridgehead atoms. The van der Waals surface area contributed by atoms with Gasteiger partial charge in [-0.15, -0.1) is 0 Å². The van der Waals surface area contributed by atoms with Crippen LogP contribution in [0.25, 0.3) is 11.5 Å². The van der Waals surface area contributed by atoms with Crippen LogP contribution in [0.1, 0.15) is 35.6 Å². The zero-order valence-electron chi connectivity index (χ0n) is 15.3. The number of pyridine rings is 1. The molecule has 1 atom stereocenters. The molecule has 2 N–H and O–H groups in total. The number of nitrogens with zero attached hydrogens (tertiary/aromatic N) is 3. The van der Waals surface area contributed by atoms with Crippen LogP contribution < -0.4 is 5.32 Å². The number of fused-ring (bicyclic) bond motifs is 1. The molecule has 5 nitrogen and oxygen atoms in total. The molecule has 0 saturated carbocycles. The van der Waals surface area contributed by atoms with Crippen LogP contribution in [0.4, 0.5) is 5.82 Å². The summed E-state index contributed by atoms with van der Waals surface area (Å²) in [6, 6.07) is 16.1. The van der Waals surface area contributed by atoms with Crippen LogP contribution in [0.15, 0.2) is 54.7 Å². The second-order valence-corrected chi connectivity index (χ2v) is 6.89. The minimum Gasteiger partial charge on any atom is -0.396 e. The predicted octanol–water partition coefficient (Wildman–Crippen LogP) is 3.61. The van der Waals surface area contributed by atoms with Gasteiger partial charge in [0.2, 0.25) is 0 Å². The summed E-state index contributed by atoms with van der Waals surface area (Å²) in [5.41, 5.74) is 4.39. The number of aryl methyl sites for hydroxylation is 1. The quantitative estimate of drug-likeness (QED) is 0.673. The molecule has 1 aromatic carbocycles. The van der Waals surface area contributed by atoms with Crippen molar-refractivity contribution in [3.05, 3.63) is 71.5 Å². The first-order valence-electron chi connectivity index (χ1n) is 9.56. The standard InChI is InChI=1S/C22H24N4O/c27-14-12-17(16-7-2-1-3-8-16)15-24-21-18-9-6-11-19(18)25-22(26-21)20-10-4-5-13-23-20/h1-5,7-8,10,13,17,27H,6,9,11-12,14-15H2,(H,24,25,26). The molecule has 0 spiro atoms. The highest BCUT2D eigenvalue weighted by Gasteiger charge is 2.21. The maximum Gasteiger partial charge on any atom is 0.180 e. The lowest BCUT2D eigenvalue weighted by atomic mass is 9.96. The smallest absolute Gasteiger partial charge is 0.180 e. The maximum absolute atomic E-state index is 9.48. The number of nitrogens with one attached hydrogen (secondary N) is 1. The predicted molar refractivity (Wildman–Crippen MR) is 107 cm³/mol. The van der Waals surface area contributed by atoms with Gasteiger partial charge in [-0.05, 0) is 43.4 Å². The fraction of sp³-hybridized carbons (Fsp3) is 0.318. The van der Waals surface area contributed by atoms with Crippen molar-refractivity contribution in [3.63, 3.8) is 0 Å². The molecule has 138 valence electrons. The minimum absolute atomic E-state index is 0.169. The van der Waals surface area contributed by atoms with E-state index in [0.29, 0.717) is 5.82 Å². The van der Waals surface area contributed by atoms with Crippen molar-refractivity contribution in [2.24, 2.45) is 0 Å². The zero-order chi connectivity index (χ0) is 18.5. The topological polar surface area (TPSA) is 70.9 Å². The average Bonchev–Trinajstić information content (AvgIpc) is 3.21. The van der Waals surface area contributed by atoms with Crippen molar-refractivity contribution < 1.29 is 5.11 Å². The first-order chi connectivity index (χ1) is 13.3. The normalized spacial score (nSPS) is 14.0. The molecule has 1 aliphatic carbocycles. The van der Waals surface area contributed by atoms with E-state index in [1.54, 1.807) is 6.20 Å². The van der Waals surface area contributed by atoms with Crippen molar-refractivity contribution in [1.29, 1.82) is 0 Å². The van der Waals surface area contributed by atoms with Gasteiger partial charge in [-0.1, -0.05) is 36.4 Å². The largest absolute Gasteiger partial charge is 0.396 e. The average molecular weight is 360 g/mol. The van der Waals surface area contributed by atoms with Gasteiger partial charge in [-0.2, -0.15) is 0 Å². The molecule has 2 heterocycles. The third kappa shape index (κ3) is 3.98. The van der Waals surface area contributed by atoms with Gasteiger partial charge in [0.05, 0.1) is 0 Å². The maximum atomic E-state index is 9.48. The number of anilines is 1. The number of hydrogen-bond acceptors (Lipinski definition) is 5. The molecule has 0 fully saturated rings. The van der Waals surface area contributed by atoms with Crippen molar-refractivity contribution in [2.45, 2.75) is 31.6 Å². The van der Waals surface area contributed by atoms with E-state index >= 15 is 0 Å². The lowest BCUT2D eigenvalue weighted by molar-refractivity contribution is 0.277. The molecular weight excluding hydrogens is 336 g/mol. The Hall–Kier alpha value is -2.79. The molecule has 0 aliphatic heterocycles. The second-order valence-electron chi connectivity index (χ2n) is 6.89. The van der Waals surface area contributed by atoms with Gasteiger partial charge in [0.15, 0.2) is 5.82 Å². The van der Waals surface area contributed by atoms with E-state index in [1.807, 2.05) is 36.4 Å². The Morgan fingerprint density at radius 1 is 1.00 bits per heavy atom. The summed E-state index contributed by atoms with van der Waals surface area (Å²) in [4.78, 5) is 13.9. The first kappa shape index (κ1) is 17.6. The van der Waals surface area contributed by atoms with E-state index in [0.717, 1.165) is 49.4 Å². The van der Waals surface area contributed by atoms with Crippen molar-refractivity contribution in [1.82, 2.24) is 15.0 Å². The van der Waals surface area contributed by atoms with Gasteiger partial charge in [0.1, 0.15) is 11.5 Å². The second kappa shape index (κ2) is 8.27. The minimum atomic E-state index is 0.169. The van der Waals surface area contributed by atoms with E-state index in [2.05, 4.69) is 22.4 Å². The number of aliphatic hydroxyl groups is 1. The van der Waals surface area contributed by atoms with Crippen LogP contribution in [0.2, 0.25) is 0 Å². The molecule has 4 rings (SSSR count). The summed E-state index contributed by atoms with van der Waals surface area (Å²) < 4.78 is 0. The van der Waals surface area contributed by atoms with Gasteiger partial charge in [-0.3, -0.25) is 4.98 Å². The Kier molecular flexibility index (Phi) is 5.39. The van der Waals surface area contributed by atoms with Crippen LogP contribution in [0, 0.1) is 0 Å². The summed E-state index contributed by atoms with van der Waals surface area (Å²) in [5, 5.41) is 13.0. The third-order valence-electron chi connectivity index (χ3n) is 5.09. The fourth-order valence-electron chi connectivity index (χ4n) is 3.68. The van der Waals surface area contributed by atoms with Crippen LogP contribution >= 0.6 is 0 Å². The lowest BCUT2D eigenvalue weighted by Gasteiger charge is -2.19. The Bertz CT molecular complexity index is 884. The Labute approximate surface area is 159 Å². The van der Waals surface area contributed by atoms with Gasteiger partial charge < -0.3 is 10.4 Å². The molecule has 2 aromatic heterocycles. The van der Waals surface area contributed by atoms with E-state index < -0.39 is 0 Å². The molecule has 3 aromatic rings. The monoisotopic (exact) mass is 360 g/mol. The number of benzene rings is 1. The summed E-state index contributed by atoms with van der Waals surface area (Å²) in [7, 11) is 0. The highest BCUT2D eigenvalue weighted by molar-refractivity contribution is 5.57. The first-order valence-corrected chi connectivity index (χ1v) is 9.56. The SMILES string of the molecule is OCCC(CNc1nc(-c2ccccn2)nc2c1CCC2)c1ccccc1. The summed E-state index contributed by atoms with van der Waals surface area (Å²) >= 11 is 0. The van der Waals surface area contributed by atoms with Crippen molar-refractivity contribution in [2.75, 3.05) is 18.5 Å². The third-order valence-corrected chi connectivity index (χ3v) is 5.09. The van der Waals surface area contributed by atoms with Crippen molar-refractivity contribution >= 4 is 5.82 Å². The van der Waals surface area contributed by atoms with E-state index in [-0.39, 0.29) is 12.5 Å². The molecule has 1 aliphatic rings. The molecular formula is C22H24N4O. The number of aromatic nitrogens is 3. The molecule has 1 unspecified atom stereocenters. The Morgan fingerprint density at radius 2 is 1.85 bits per heavy atom. The van der Waals surface area contributed by atoms with E-state index in [9.17, 15) is 5.11 Å². The van der Waals surface area contributed by atoms with Crippen LogP contribution in [-0.4, -0.2) is 33.2 Å². The summed E-state index contributed by atoms with van der Waals surface area (Å²) in [6.45, 7) is 0.901. The zero-order valence-corrected chi connectivity index (χ0v) is 15.3. The number of aliphatic hydroxyl groups excluding tert-OH is 1. The van der Waals surface area contributed by atoms with E-state index in [4.69, 9.17) is 9.97 Å². The van der Waals surface area contributed by atoms with Crippen LogP contribution in [0.3, 0.4) is 0 Å². The lowest BCUT2D eigenvalue weighted by Crippen LogP contribution is -2.16. The van der Waals surface area contributed by atoms with Crippen molar-refractivity contribution in [3.8, 4) is 11.5 Å². The molecule has 27 heavy (non-hydrogen) atoms. The number of rotatable bonds is 7. The van der Waals surface area contributed by atoms with Gasteiger partial charge in [-0.25, -0.2) is 9.97 Å². The highest BCUT2D eigenvalue weighted by Crippen LogP contribution is 2.29. The van der Waals surface area contributed by atoms with Crippen LogP contribution in [-0.2, 0) is 12.8 Å². The molecule has 0 radical (unpaired) electrons. The highest BCUT2D eigenvalue weighted by atomic mass is 16.3. The van der Waals surface area contributed by atoms with Gasteiger partial charge in [0.25, 0.3) is 0 Å². The van der Waals surface area contributed by atoms with Gasteiger partial charge >= 0.3 is 0 Å². The molecule has 0 saturated heterocycles. The molecule has 5 heteroatoms.